The molecule has 5 nitrogen and oxygen atoms in total. The third kappa shape index (κ3) is 1.96. The van der Waals surface area contributed by atoms with Crippen molar-refractivity contribution < 1.29 is 0 Å². The fourth-order valence-electron chi connectivity index (χ4n) is 0.754. The summed E-state index contributed by atoms with van der Waals surface area (Å²) in [6.45, 7) is 2.54. The van der Waals surface area contributed by atoms with Gasteiger partial charge in [0.1, 0.15) is 5.82 Å². The summed E-state index contributed by atoms with van der Waals surface area (Å²) in [5.74, 6) is 0.446. The molecule has 60 valence electrons. The largest absolute Gasteiger partial charge is 0.372 e. The summed E-state index contributed by atoms with van der Waals surface area (Å²) in [6.07, 6.45) is 0. The van der Waals surface area contributed by atoms with Crippen molar-refractivity contribution in [2.24, 2.45) is 0 Å². The lowest BCUT2D eigenvalue weighted by Crippen LogP contribution is -2.22. The monoisotopic (exact) mass is 155 g/mol. The van der Waals surface area contributed by atoms with Gasteiger partial charge >= 0.3 is 5.69 Å². The maximum Gasteiger partial charge on any atom is 0.327 e. The second kappa shape index (κ2) is 3.05. The van der Waals surface area contributed by atoms with Crippen LogP contribution in [0.3, 0.4) is 0 Å². The van der Waals surface area contributed by atoms with Crippen LogP contribution < -0.4 is 16.6 Å². The van der Waals surface area contributed by atoms with Crippen LogP contribution in [0.25, 0.3) is 0 Å². The molecular weight excluding hydrogens is 146 g/mol. The number of hydrogen-bond acceptors (Lipinski definition) is 3. The number of H-pyrrole nitrogens is 2. The number of hydrogen-bond donors (Lipinski definition) is 3. The van der Waals surface area contributed by atoms with Gasteiger partial charge in [-0.1, -0.05) is 0 Å². The van der Waals surface area contributed by atoms with Crippen LogP contribution in [0.5, 0.6) is 0 Å². The Morgan fingerprint density at radius 1 is 1.45 bits per heavy atom. The van der Waals surface area contributed by atoms with Crippen molar-refractivity contribution in [3.63, 3.8) is 0 Å². The molecule has 0 aromatic carbocycles. The Morgan fingerprint density at radius 2 is 2.18 bits per heavy atom. The van der Waals surface area contributed by atoms with Crippen molar-refractivity contribution in [3.05, 3.63) is 26.9 Å². The number of rotatable bonds is 2. The standard InChI is InChI=1S/C6H9N3O2/c1-2-7-4-3-5(10)9-6(11)8-4/h3H,2H2,1H3,(H3,7,8,9,10,11). The first-order valence-electron chi connectivity index (χ1n) is 3.30. The zero-order valence-electron chi connectivity index (χ0n) is 6.10. The summed E-state index contributed by atoms with van der Waals surface area (Å²) in [4.78, 5) is 25.8. The SMILES string of the molecule is CCNc1cc(=O)[nH]c(=O)[nH]1. The van der Waals surface area contributed by atoms with E-state index in [0.29, 0.717) is 12.4 Å². The van der Waals surface area contributed by atoms with E-state index in [1.165, 1.54) is 6.07 Å². The molecule has 5 heteroatoms. The minimum atomic E-state index is -0.492. The van der Waals surface area contributed by atoms with Gasteiger partial charge in [-0.3, -0.25) is 14.8 Å². The summed E-state index contributed by atoms with van der Waals surface area (Å²) in [7, 11) is 0. The van der Waals surface area contributed by atoms with Crippen LogP contribution in [0.15, 0.2) is 15.7 Å². The zero-order chi connectivity index (χ0) is 8.27. The van der Waals surface area contributed by atoms with E-state index in [9.17, 15) is 9.59 Å². The first kappa shape index (κ1) is 7.59. The normalized spacial score (nSPS) is 9.55. The Morgan fingerprint density at radius 3 is 2.73 bits per heavy atom. The van der Waals surface area contributed by atoms with Crippen molar-refractivity contribution in [2.75, 3.05) is 11.9 Å². The highest BCUT2D eigenvalue weighted by atomic mass is 16.2. The fourth-order valence-corrected chi connectivity index (χ4v) is 0.754. The highest BCUT2D eigenvalue weighted by Crippen LogP contribution is 1.89. The first-order chi connectivity index (χ1) is 5.22. The zero-order valence-corrected chi connectivity index (χ0v) is 6.10. The molecule has 1 aromatic rings. The van der Waals surface area contributed by atoms with E-state index in [-0.39, 0.29) is 0 Å². The summed E-state index contributed by atoms with van der Waals surface area (Å²) in [6, 6.07) is 1.30. The molecule has 0 spiro atoms. The maximum absolute atomic E-state index is 10.7. The van der Waals surface area contributed by atoms with E-state index in [2.05, 4.69) is 15.3 Å². The summed E-state index contributed by atoms with van der Waals surface area (Å²) in [5.41, 5.74) is -0.891. The van der Waals surface area contributed by atoms with Crippen molar-refractivity contribution >= 4 is 5.82 Å². The van der Waals surface area contributed by atoms with Crippen LogP contribution >= 0.6 is 0 Å². The molecule has 0 aliphatic carbocycles. The third-order valence-electron chi connectivity index (χ3n) is 1.13. The molecule has 0 unspecified atom stereocenters. The minimum Gasteiger partial charge on any atom is -0.372 e. The van der Waals surface area contributed by atoms with Crippen LogP contribution in [-0.4, -0.2) is 16.5 Å². The van der Waals surface area contributed by atoms with Gasteiger partial charge in [0.2, 0.25) is 0 Å². The Labute approximate surface area is 62.5 Å². The Kier molecular flexibility index (Phi) is 2.10. The number of anilines is 1. The van der Waals surface area contributed by atoms with Gasteiger partial charge in [-0.15, -0.1) is 0 Å². The highest BCUT2D eigenvalue weighted by Gasteiger charge is 1.91. The quantitative estimate of drug-likeness (QED) is 0.538. The molecule has 0 amide bonds. The van der Waals surface area contributed by atoms with E-state index in [1.807, 2.05) is 6.92 Å². The molecule has 0 fully saturated rings. The van der Waals surface area contributed by atoms with Crippen molar-refractivity contribution in [1.29, 1.82) is 0 Å². The van der Waals surface area contributed by atoms with Gasteiger partial charge in [0.15, 0.2) is 0 Å². The maximum atomic E-state index is 10.7. The van der Waals surface area contributed by atoms with E-state index in [1.54, 1.807) is 0 Å². The minimum absolute atomic E-state index is 0.398. The number of nitrogens with one attached hydrogen (secondary N) is 3. The molecule has 0 saturated carbocycles. The lowest BCUT2D eigenvalue weighted by molar-refractivity contribution is 1.02. The van der Waals surface area contributed by atoms with Gasteiger partial charge < -0.3 is 5.32 Å². The molecule has 3 N–H and O–H groups in total. The van der Waals surface area contributed by atoms with Crippen molar-refractivity contribution in [2.45, 2.75) is 6.92 Å². The first-order valence-corrected chi connectivity index (χ1v) is 3.30. The van der Waals surface area contributed by atoms with Crippen molar-refractivity contribution in [3.8, 4) is 0 Å². The Hall–Kier alpha value is -1.52. The van der Waals surface area contributed by atoms with Crippen LogP contribution in [0.2, 0.25) is 0 Å². The molecule has 0 radical (unpaired) electrons. The van der Waals surface area contributed by atoms with Gasteiger partial charge in [0, 0.05) is 12.6 Å². The second-order valence-electron chi connectivity index (χ2n) is 2.03. The molecule has 1 rings (SSSR count). The Bertz CT molecular complexity index is 310. The van der Waals surface area contributed by atoms with Crippen LogP contribution in [0, 0.1) is 0 Å². The lowest BCUT2D eigenvalue weighted by Gasteiger charge is -1.98. The van der Waals surface area contributed by atoms with E-state index < -0.39 is 11.2 Å². The smallest absolute Gasteiger partial charge is 0.327 e. The van der Waals surface area contributed by atoms with Gasteiger partial charge in [0.25, 0.3) is 5.56 Å². The molecule has 11 heavy (non-hydrogen) atoms. The van der Waals surface area contributed by atoms with Crippen LogP contribution in [-0.2, 0) is 0 Å². The molecule has 0 aliphatic heterocycles. The molecule has 1 aromatic heterocycles. The van der Waals surface area contributed by atoms with Gasteiger partial charge in [-0.2, -0.15) is 0 Å². The number of aromatic nitrogens is 2. The average Bonchev–Trinajstić information content (AvgIpc) is 1.85. The molecule has 0 aliphatic rings. The molecule has 0 atom stereocenters. The summed E-state index contributed by atoms with van der Waals surface area (Å²) < 4.78 is 0. The van der Waals surface area contributed by atoms with Gasteiger partial charge in [0.05, 0.1) is 0 Å². The second-order valence-corrected chi connectivity index (χ2v) is 2.03. The van der Waals surface area contributed by atoms with Crippen molar-refractivity contribution in [1.82, 2.24) is 9.97 Å². The van der Waals surface area contributed by atoms with E-state index >= 15 is 0 Å². The van der Waals surface area contributed by atoms with Gasteiger partial charge in [-0.25, -0.2) is 4.79 Å². The number of aromatic amines is 2. The van der Waals surface area contributed by atoms with Crippen LogP contribution in [0.1, 0.15) is 6.92 Å². The summed E-state index contributed by atoms with van der Waals surface area (Å²) >= 11 is 0. The topological polar surface area (TPSA) is 77.8 Å². The van der Waals surface area contributed by atoms with Crippen LogP contribution in [0.4, 0.5) is 5.82 Å². The van der Waals surface area contributed by atoms with E-state index in [0.717, 1.165) is 0 Å². The fraction of sp³-hybridized carbons (Fsp3) is 0.333. The molecule has 1 heterocycles. The molecule has 0 bridgehead atoms. The van der Waals surface area contributed by atoms with E-state index in [4.69, 9.17) is 0 Å². The molecule has 0 saturated heterocycles. The lowest BCUT2D eigenvalue weighted by atomic mass is 10.5. The third-order valence-corrected chi connectivity index (χ3v) is 1.13. The predicted molar refractivity (Wildman–Crippen MR) is 41.8 cm³/mol. The Balaban J connectivity index is 3.09. The predicted octanol–water partition coefficient (Wildman–Crippen LogP) is -0.505. The molecular formula is C6H9N3O2. The highest BCUT2D eigenvalue weighted by molar-refractivity contribution is 5.30. The van der Waals surface area contributed by atoms with Gasteiger partial charge in [-0.05, 0) is 6.92 Å². The summed E-state index contributed by atoms with van der Waals surface area (Å²) in [5, 5.41) is 2.81. The average molecular weight is 155 g/mol.